The van der Waals surface area contributed by atoms with Crippen LogP contribution < -0.4 is 0 Å². The van der Waals surface area contributed by atoms with Crippen LogP contribution in [0.4, 0.5) is 0 Å². The number of halogens is 1. The van der Waals surface area contributed by atoms with Crippen LogP contribution in [-0.4, -0.2) is 30.0 Å². The van der Waals surface area contributed by atoms with Gasteiger partial charge in [-0.1, -0.05) is 40.8 Å². The van der Waals surface area contributed by atoms with Gasteiger partial charge in [-0.05, 0) is 36.1 Å². The van der Waals surface area contributed by atoms with Crippen molar-refractivity contribution in [2.24, 2.45) is 0 Å². The van der Waals surface area contributed by atoms with Crippen molar-refractivity contribution < 1.29 is 14.6 Å². The largest absolute Gasteiger partial charge is 0.469 e. The zero-order valence-electron chi connectivity index (χ0n) is 12.1. The van der Waals surface area contributed by atoms with Crippen LogP contribution in [0, 0.1) is 0 Å². The molecule has 114 valence electrons. The van der Waals surface area contributed by atoms with Crippen LogP contribution >= 0.6 is 34.4 Å². The van der Waals surface area contributed by atoms with Crippen LogP contribution in [0.2, 0.25) is 0 Å². The zero-order chi connectivity index (χ0) is 15.4. The highest BCUT2D eigenvalue weighted by molar-refractivity contribution is 14.1. The van der Waals surface area contributed by atoms with E-state index >= 15 is 0 Å². The Balaban J connectivity index is 2.30. The van der Waals surface area contributed by atoms with Gasteiger partial charge in [0.05, 0.1) is 19.1 Å². The Hall–Kier alpha value is -0.530. The van der Waals surface area contributed by atoms with Crippen molar-refractivity contribution >= 4 is 46.4 Å². The molecule has 0 radical (unpaired) electrons. The maximum Gasteiger partial charge on any atom is 0.312 e. The minimum absolute atomic E-state index is 0.220. The summed E-state index contributed by atoms with van der Waals surface area (Å²) in [5.41, 5.74) is 3.26. The van der Waals surface area contributed by atoms with Gasteiger partial charge in [0.15, 0.2) is 0 Å². The van der Waals surface area contributed by atoms with E-state index in [0.29, 0.717) is 0 Å². The zero-order valence-corrected chi connectivity index (χ0v) is 15.1. The van der Waals surface area contributed by atoms with Crippen LogP contribution in [0.15, 0.2) is 23.1 Å². The van der Waals surface area contributed by atoms with Gasteiger partial charge in [-0.15, -0.1) is 11.8 Å². The molecule has 1 N–H and O–H groups in total. The number of esters is 1. The fourth-order valence-corrected chi connectivity index (χ4v) is 4.04. The number of thioether (sulfide) groups is 1. The number of carbonyl (C=O) groups is 1. The van der Waals surface area contributed by atoms with Gasteiger partial charge in [-0.3, -0.25) is 4.79 Å². The predicted octanol–water partition coefficient (Wildman–Crippen LogP) is 3.74. The maximum absolute atomic E-state index is 11.6. The first-order valence-corrected chi connectivity index (χ1v) is 9.37. The van der Waals surface area contributed by atoms with Crippen molar-refractivity contribution in [2.75, 3.05) is 12.9 Å². The summed E-state index contributed by atoms with van der Waals surface area (Å²) in [6, 6.07) is 6.06. The highest BCUT2D eigenvalue weighted by Gasteiger charge is 2.20. The van der Waals surface area contributed by atoms with Crippen molar-refractivity contribution in [3.8, 4) is 0 Å². The third-order valence-electron chi connectivity index (χ3n) is 3.65. The van der Waals surface area contributed by atoms with Crippen molar-refractivity contribution in [3.63, 3.8) is 0 Å². The Morgan fingerprint density at radius 2 is 2.38 bits per heavy atom. The molecule has 0 aromatic heterocycles. The van der Waals surface area contributed by atoms with E-state index in [-0.39, 0.29) is 18.0 Å². The average Bonchev–Trinajstić information content (AvgIpc) is 2.91. The predicted molar refractivity (Wildman–Crippen MR) is 95.7 cm³/mol. The molecule has 0 saturated carbocycles. The van der Waals surface area contributed by atoms with Gasteiger partial charge >= 0.3 is 5.97 Å². The molecule has 3 nitrogen and oxygen atoms in total. The normalized spacial score (nSPS) is 21.5. The molecule has 1 aliphatic rings. The van der Waals surface area contributed by atoms with E-state index in [1.54, 1.807) is 11.8 Å². The first-order valence-electron chi connectivity index (χ1n) is 6.86. The van der Waals surface area contributed by atoms with E-state index in [1.165, 1.54) is 12.7 Å². The number of ether oxygens (including phenoxy) is 1. The average molecular weight is 418 g/mol. The van der Waals surface area contributed by atoms with Gasteiger partial charge < -0.3 is 9.84 Å². The lowest BCUT2D eigenvalue weighted by atomic mass is 9.96. The molecular weight excluding hydrogens is 399 g/mol. The molecule has 1 aromatic carbocycles. The molecule has 21 heavy (non-hydrogen) atoms. The van der Waals surface area contributed by atoms with Crippen LogP contribution in [0.5, 0.6) is 0 Å². The van der Waals surface area contributed by atoms with Gasteiger partial charge in [-0.2, -0.15) is 0 Å². The topological polar surface area (TPSA) is 46.5 Å². The van der Waals surface area contributed by atoms with E-state index in [1.807, 2.05) is 19.1 Å². The van der Waals surface area contributed by atoms with Gasteiger partial charge in [0.2, 0.25) is 0 Å². The van der Waals surface area contributed by atoms with Crippen LogP contribution in [0.1, 0.15) is 36.0 Å². The molecule has 0 aliphatic carbocycles. The number of carbonyl (C=O) groups excluding carboxylic acids is 1. The fraction of sp³-hybridized carbons (Fsp3) is 0.438. The summed E-state index contributed by atoms with van der Waals surface area (Å²) in [5.74, 6) is 0.497. The number of aliphatic hydroxyl groups is 1. The molecule has 1 aromatic rings. The van der Waals surface area contributed by atoms with Crippen molar-refractivity contribution in [1.29, 1.82) is 0 Å². The molecule has 2 unspecified atom stereocenters. The third-order valence-corrected chi connectivity index (χ3v) is 5.64. The number of hydrogen-bond donors (Lipinski definition) is 1. The second-order valence-electron chi connectivity index (χ2n) is 5.04. The Morgan fingerprint density at radius 3 is 2.95 bits per heavy atom. The molecule has 1 aliphatic heterocycles. The summed E-state index contributed by atoms with van der Waals surface area (Å²) in [6.45, 7) is 1.85. The van der Waals surface area contributed by atoms with E-state index < -0.39 is 0 Å². The summed E-state index contributed by atoms with van der Waals surface area (Å²) in [4.78, 5) is 12.7. The quantitative estimate of drug-likeness (QED) is 0.460. The smallest absolute Gasteiger partial charge is 0.312 e. The molecule has 0 amide bonds. The second kappa shape index (κ2) is 7.65. The van der Waals surface area contributed by atoms with Crippen molar-refractivity contribution in [1.82, 2.24) is 0 Å². The van der Waals surface area contributed by atoms with E-state index in [9.17, 15) is 9.90 Å². The van der Waals surface area contributed by atoms with E-state index in [4.69, 9.17) is 4.74 Å². The lowest BCUT2D eigenvalue weighted by Gasteiger charge is -2.13. The first-order chi connectivity index (χ1) is 10.1. The fourth-order valence-electron chi connectivity index (χ4n) is 2.28. The van der Waals surface area contributed by atoms with E-state index in [2.05, 4.69) is 34.7 Å². The van der Waals surface area contributed by atoms with Gasteiger partial charge in [-0.25, -0.2) is 0 Å². The second-order valence-corrected chi connectivity index (χ2v) is 6.97. The van der Waals surface area contributed by atoms with Crippen molar-refractivity contribution in [3.05, 3.63) is 39.8 Å². The summed E-state index contributed by atoms with van der Waals surface area (Å²) < 4.78 is 5.66. The lowest BCUT2D eigenvalue weighted by Crippen LogP contribution is -2.11. The SMILES string of the molecule is COC(=O)C(C)c1ccc(/C=C2\SCCC2O)c(CI)c1. The number of rotatable bonds is 4. The molecule has 0 bridgehead atoms. The minimum Gasteiger partial charge on any atom is -0.469 e. The molecule has 5 heteroatoms. The van der Waals surface area contributed by atoms with Gasteiger partial charge in [0.1, 0.15) is 0 Å². The van der Waals surface area contributed by atoms with Crippen LogP contribution in [0.3, 0.4) is 0 Å². The van der Waals surface area contributed by atoms with Crippen LogP contribution in [-0.2, 0) is 14.0 Å². The molecule has 2 rings (SSSR count). The summed E-state index contributed by atoms with van der Waals surface area (Å²) in [5, 5.41) is 9.91. The number of benzene rings is 1. The molecule has 0 spiro atoms. The highest BCUT2D eigenvalue weighted by Crippen LogP contribution is 2.34. The summed E-state index contributed by atoms with van der Waals surface area (Å²) in [7, 11) is 1.41. The Morgan fingerprint density at radius 1 is 1.62 bits per heavy atom. The standard InChI is InChI=1S/C16H19IO3S/c1-10(16(19)20-2)11-3-4-12(13(7-11)9-17)8-15-14(18)5-6-21-15/h3-4,7-8,10,14,18H,5-6,9H2,1-2H3/b15-8-. The van der Waals surface area contributed by atoms with Gasteiger partial charge in [0.25, 0.3) is 0 Å². The Bertz CT molecular complexity index is 556. The third kappa shape index (κ3) is 4.02. The first kappa shape index (κ1) is 16.8. The monoisotopic (exact) mass is 418 g/mol. The molecule has 2 atom stereocenters. The Kier molecular flexibility index (Phi) is 6.13. The van der Waals surface area contributed by atoms with E-state index in [0.717, 1.165) is 32.6 Å². The molecule has 1 heterocycles. The van der Waals surface area contributed by atoms with Gasteiger partial charge in [0, 0.05) is 15.1 Å². The lowest BCUT2D eigenvalue weighted by molar-refractivity contribution is -0.141. The van der Waals surface area contributed by atoms with Crippen molar-refractivity contribution in [2.45, 2.75) is 29.8 Å². The summed E-state index contributed by atoms with van der Waals surface area (Å²) >= 11 is 4.04. The number of aliphatic hydroxyl groups excluding tert-OH is 1. The minimum atomic E-state index is -0.328. The summed E-state index contributed by atoms with van der Waals surface area (Å²) in [6.07, 6.45) is 2.57. The number of methoxy groups -OCH3 is 1. The number of alkyl halides is 1. The van der Waals surface area contributed by atoms with Crippen LogP contribution in [0.25, 0.3) is 6.08 Å². The molecule has 1 fully saturated rings. The highest BCUT2D eigenvalue weighted by atomic mass is 127. The maximum atomic E-state index is 11.6. The molecule has 1 saturated heterocycles. The number of hydrogen-bond acceptors (Lipinski definition) is 4. The molecular formula is C16H19IO3S. The Labute approximate surface area is 143 Å².